The normalized spacial score (nSPS) is 10.2. The minimum Gasteiger partial charge on any atom is -0.320 e. The SMILES string of the molecule is CNCCCCCCON. The van der Waals surface area contributed by atoms with E-state index in [1.165, 1.54) is 19.3 Å². The predicted octanol–water partition coefficient (Wildman–Crippen LogP) is 0.656. The van der Waals surface area contributed by atoms with Crippen LogP contribution in [0, 0.1) is 0 Å². The minimum absolute atomic E-state index is 0.694. The molecule has 0 aliphatic carbocycles. The van der Waals surface area contributed by atoms with Crippen molar-refractivity contribution in [3.63, 3.8) is 0 Å². The molecule has 0 aromatic heterocycles. The third-order valence-electron chi connectivity index (χ3n) is 1.44. The second kappa shape index (κ2) is 8.88. The first-order valence-corrected chi connectivity index (χ1v) is 3.88. The van der Waals surface area contributed by atoms with Crippen LogP contribution in [-0.4, -0.2) is 20.2 Å². The standard InChI is InChI=1S/C7H18N2O/c1-9-6-4-2-3-5-7-10-8/h9H,2-8H2,1H3. The van der Waals surface area contributed by atoms with Gasteiger partial charge >= 0.3 is 0 Å². The Bertz CT molecular complexity index is 51.6. The quantitative estimate of drug-likeness (QED) is 0.409. The fraction of sp³-hybridized carbons (Fsp3) is 1.00. The van der Waals surface area contributed by atoms with Crippen LogP contribution in [0.3, 0.4) is 0 Å². The van der Waals surface area contributed by atoms with E-state index in [0.29, 0.717) is 6.61 Å². The Morgan fingerprint density at radius 1 is 1.20 bits per heavy atom. The van der Waals surface area contributed by atoms with Crippen molar-refractivity contribution in [1.82, 2.24) is 5.32 Å². The van der Waals surface area contributed by atoms with Gasteiger partial charge in [-0.05, 0) is 26.4 Å². The van der Waals surface area contributed by atoms with E-state index in [-0.39, 0.29) is 0 Å². The molecule has 10 heavy (non-hydrogen) atoms. The maximum atomic E-state index is 4.86. The number of nitrogens with two attached hydrogens (primary N) is 1. The zero-order valence-electron chi connectivity index (χ0n) is 6.73. The van der Waals surface area contributed by atoms with Gasteiger partial charge in [-0.1, -0.05) is 12.8 Å². The number of hydrogen-bond acceptors (Lipinski definition) is 3. The molecular formula is C7H18N2O. The van der Waals surface area contributed by atoms with Crippen molar-refractivity contribution in [2.24, 2.45) is 5.90 Å². The van der Waals surface area contributed by atoms with E-state index in [9.17, 15) is 0 Å². The lowest BCUT2D eigenvalue weighted by molar-refractivity contribution is 0.133. The van der Waals surface area contributed by atoms with E-state index >= 15 is 0 Å². The highest BCUT2D eigenvalue weighted by molar-refractivity contribution is 4.44. The topological polar surface area (TPSA) is 47.3 Å². The third kappa shape index (κ3) is 7.88. The van der Waals surface area contributed by atoms with Gasteiger partial charge in [-0.3, -0.25) is 0 Å². The van der Waals surface area contributed by atoms with Gasteiger partial charge in [0, 0.05) is 0 Å². The molecule has 0 aromatic carbocycles. The van der Waals surface area contributed by atoms with Gasteiger partial charge in [-0.2, -0.15) is 0 Å². The fourth-order valence-electron chi connectivity index (χ4n) is 0.841. The first kappa shape index (κ1) is 9.88. The molecule has 0 saturated carbocycles. The Morgan fingerprint density at radius 3 is 2.50 bits per heavy atom. The average molecular weight is 146 g/mol. The maximum absolute atomic E-state index is 4.86. The maximum Gasteiger partial charge on any atom is 0.0679 e. The lowest BCUT2D eigenvalue weighted by Gasteiger charge is -1.98. The highest BCUT2D eigenvalue weighted by atomic mass is 16.6. The zero-order chi connectivity index (χ0) is 7.66. The molecule has 0 amide bonds. The Balaban J connectivity index is 2.65. The molecule has 0 saturated heterocycles. The molecule has 0 aliphatic rings. The lowest BCUT2D eigenvalue weighted by Crippen LogP contribution is -2.07. The van der Waals surface area contributed by atoms with Gasteiger partial charge in [-0.15, -0.1) is 0 Å². The molecule has 0 heterocycles. The summed E-state index contributed by atoms with van der Waals surface area (Å²) in [4.78, 5) is 4.43. The Kier molecular flexibility index (Phi) is 8.77. The summed E-state index contributed by atoms with van der Waals surface area (Å²) in [6, 6.07) is 0. The van der Waals surface area contributed by atoms with Crippen LogP contribution in [0.4, 0.5) is 0 Å². The van der Waals surface area contributed by atoms with Gasteiger partial charge in [0.25, 0.3) is 0 Å². The molecule has 0 atom stereocenters. The predicted molar refractivity (Wildman–Crippen MR) is 42.5 cm³/mol. The molecule has 0 unspecified atom stereocenters. The van der Waals surface area contributed by atoms with Crippen molar-refractivity contribution < 1.29 is 4.84 Å². The first-order chi connectivity index (χ1) is 4.91. The molecule has 3 nitrogen and oxygen atoms in total. The summed E-state index contributed by atoms with van der Waals surface area (Å²) < 4.78 is 0. The highest BCUT2D eigenvalue weighted by Gasteiger charge is 1.87. The van der Waals surface area contributed by atoms with Crippen LogP contribution >= 0.6 is 0 Å². The summed E-state index contributed by atoms with van der Waals surface area (Å²) in [5.41, 5.74) is 0. The fourth-order valence-corrected chi connectivity index (χ4v) is 0.841. The molecule has 0 fully saturated rings. The molecule has 0 spiro atoms. The first-order valence-electron chi connectivity index (χ1n) is 3.88. The summed E-state index contributed by atoms with van der Waals surface area (Å²) in [5.74, 6) is 4.86. The van der Waals surface area contributed by atoms with E-state index < -0.39 is 0 Å². The molecule has 0 aromatic rings. The largest absolute Gasteiger partial charge is 0.320 e. The molecule has 0 bridgehead atoms. The lowest BCUT2D eigenvalue weighted by atomic mass is 10.2. The van der Waals surface area contributed by atoms with Crippen molar-refractivity contribution in [2.45, 2.75) is 25.7 Å². The molecule has 3 N–H and O–H groups in total. The number of nitrogens with one attached hydrogen (secondary N) is 1. The summed E-state index contributed by atoms with van der Waals surface area (Å²) in [6.45, 7) is 1.81. The number of hydrogen-bond donors (Lipinski definition) is 2. The van der Waals surface area contributed by atoms with Crippen LogP contribution in [0.5, 0.6) is 0 Å². The van der Waals surface area contributed by atoms with Crippen molar-refractivity contribution in [3.8, 4) is 0 Å². The van der Waals surface area contributed by atoms with Crippen LogP contribution in [0.25, 0.3) is 0 Å². The molecule has 0 aliphatic heterocycles. The van der Waals surface area contributed by atoms with Crippen molar-refractivity contribution in [3.05, 3.63) is 0 Å². The van der Waals surface area contributed by atoms with Crippen LogP contribution in [0.1, 0.15) is 25.7 Å². The van der Waals surface area contributed by atoms with Crippen LogP contribution < -0.4 is 11.2 Å². The van der Waals surface area contributed by atoms with E-state index in [0.717, 1.165) is 13.0 Å². The summed E-state index contributed by atoms with van der Waals surface area (Å²) in [6.07, 6.45) is 4.82. The Labute approximate surface area is 62.9 Å². The molecule has 0 rings (SSSR count). The van der Waals surface area contributed by atoms with Crippen LogP contribution in [-0.2, 0) is 4.84 Å². The molecule has 0 radical (unpaired) electrons. The number of unbranched alkanes of at least 4 members (excludes halogenated alkanes) is 3. The van der Waals surface area contributed by atoms with E-state index in [2.05, 4.69) is 10.2 Å². The van der Waals surface area contributed by atoms with Crippen molar-refractivity contribution in [1.29, 1.82) is 0 Å². The van der Waals surface area contributed by atoms with Crippen LogP contribution in [0.15, 0.2) is 0 Å². The van der Waals surface area contributed by atoms with E-state index in [1.807, 2.05) is 7.05 Å². The Morgan fingerprint density at radius 2 is 1.90 bits per heavy atom. The van der Waals surface area contributed by atoms with Gasteiger partial charge in [0.15, 0.2) is 0 Å². The second-order valence-electron chi connectivity index (χ2n) is 2.39. The summed E-state index contributed by atoms with van der Waals surface area (Å²) in [7, 11) is 1.98. The van der Waals surface area contributed by atoms with E-state index in [4.69, 9.17) is 5.90 Å². The average Bonchev–Trinajstić information content (AvgIpc) is 1.97. The van der Waals surface area contributed by atoms with Gasteiger partial charge in [0.2, 0.25) is 0 Å². The van der Waals surface area contributed by atoms with Crippen LogP contribution in [0.2, 0.25) is 0 Å². The summed E-state index contributed by atoms with van der Waals surface area (Å²) in [5, 5.41) is 3.10. The molecular weight excluding hydrogens is 128 g/mol. The van der Waals surface area contributed by atoms with Gasteiger partial charge in [0.05, 0.1) is 6.61 Å². The van der Waals surface area contributed by atoms with Gasteiger partial charge in [0.1, 0.15) is 0 Å². The highest BCUT2D eigenvalue weighted by Crippen LogP contribution is 1.97. The molecule has 3 heteroatoms. The zero-order valence-corrected chi connectivity index (χ0v) is 6.73. The van der Waals surface area contributed by atoms with Crippen molar-refractivity contribution >= 4 is 0 Å². The van der Waals surface area contributed by atoms with Gasteiger partial charge in [-0.25, -0.2) is 5.90 Å². The second-order valence-corrected chi connectivity index (χ2v) is 2.39. The van der Waals surface area contributed by atoms with E-state index in [1.54, 1.807) is 0 Å². The monoisotopic (exact) mass is 146 g/mol. The van der Waals surface area contributed by atoms with Gasteiger partial charge < -0.3 is 10.2 Å². The number of rotatable bonds is 7. The summed E-state index contributed by atoms with van der Waals surface area (Å²) >= 11 is 0. The smallest absolute Gasteiger partial charge is 0.0679 e. The Hall–Kier alpha value is -0.120. The minimum atomic E-state index is 0.694. The van der Waals surface area contributed by atoms with Crippen molar-refractivity contribution in [2.75, 3.05) is 20.2 Å². The third-order valence-corrected chi connectivity index (χ3v) is 1.44. The molecule has 62 valence electrons.